The number of rotatable bonds is 5. The number of methoxy groups -OCH3 is 1. The molecule has 0 aliphatic carbocycles. The molecule has 1 saturated heterocycles. The number of fused-ring (bicyclic) bond motifs is 1. The molecule has 28 heavy (non-hydrogen) atoms. The topological polar surface area (TPSA) is 77.3 Å². The Kier molecular flexibility index (Phi) is 5.50. The number of ether oxygens (including phenoxy) is 1. The van der Waals surface area contributed by atoms with Crippen molar-refractivity contribution in [3.05, 3.63) is 57.5 Å². The van der Waals surface area contributed by atoms with Crippen LogP contribution in [0.15, 0.2) is 41.2 Å². The zero-order chi connectivity index (χ0) is 19.5. The first-order valence-corrected chi connectivity index (χ1v) is 10.2. The summed E-state index contributed by atoms with van der Waals surface area (Å²) in [7, 11) is 1.57. The van der Waals surface area contributed by atoms with Gasteiger partial charge in [0.05, 0.1) is 28.4 Å². The summed E-state index contributed by atoms with van der Waals surface area (Å²) in [6.07, 6.45) is 1.77. The van der Waals surface area contributed by atoms with Crippen LogP contribution in [-0.4, -0.2) is 52.4 Å². The van der Waals surface area contributed by atoms with Crippen molar-refractivity contribution in [1.82, 2.24) is 19.7 Å². The van der Waals surface area contributed by atoms with E-state index in [4.69, 9.17) is 9.72 Å². The third-order valence-corrected chi connectivity index (χ3v) is 6.23. The quantitative estimate of drug-likeness (QED) is 0.660. The molecule has 0 unspecified atom stereocenters. The minimum Gasteiger partial charge on any atom is -0.383 e. The third-order valence-electron chi connectivity index (χ3n) is 5.03. The molecule has 4 rings (SSSR count). The van der Waals surface area contributed by atoms with Crippen molar-refractivity contribution in [3.8, 4) is 0 Å². The van der Waals surface area contributed by atoms with Crippen molar-refractivity contribution < 1.29 is 9.53 Å². The largest absolute Gasteiger partial charge is 0.383 e. The first kappa shape index (κ1) is 18.8. The van der Waals surface area contributed by atoms with Gasteiger partial charge in [0, 0.05) is 32.2 Å². The number of para-hydroxylation sites is 1. The summed E-state index contributed by atoms with van der Waals surface area (Å²) in [6, 6.07) is 11.1. The molecule has 2 aromatic heterocycles. The molecule has 146 valence electrons. The van der Waals surface area contributed by atoms with Gasteiger partial charge >= 0.3 is 0 Å². The van der Waals surface area contributed by atoms with Gasteiger partial charge in [0.15, 0.2) is 0 Å². The van der Waals surface area contributed by atoms with E-state index >= 15 is 0 Å². The van der Waals surface area contributed by atoms with Crippen LogP contribution in [0.5, 0.6) is 0 Å². The van der Waals surface area contributed by atoms with E-state index in [1.165, 1.54) is 21.5 Å². The molecule has 7 nitrogen and oxygen atoms in total. The minimum atomic E-state index is -0.233. The van der Waals surface area contributed by atoms with E-state index in [1.54, 1.807) is 18.4 Å². The standard InChI is InChI=1S/C20H22N4O3S/c1-27-13-12-24-18(25)7-6-16(22-24)20(26)23-10-8-14(9-11-23)19-21-15-4-2-3-5-17(15)28-19/h2-7,14H,8-13H2,1H3. The van der Waals surface area contributed by atoms with Crippen molar-refractivity contribution in [2.24, 2.45) is 0 Å². The predicted octanol–water partition coefficient (Wildman–Crippen LogP) is 2.52. The molecular weight excluding hydrogens is 376 g/mol. The highest BCUT2D eigenvalue weighted by molar-refractivity contribution is 7.18. The van der Waals surface area contributed by atoms with Crippen molar-refractivity contribution in [2.45, 2.75) is 25.3 Å². The minimum absolute atomic E-state index is 0.131. The number of carbonyl (C=O) groups is 1. The van der Waals surface area contributed by atoms with E-state index < -0.39 is 0 Å². The van der Waals surface area contributed by atoms with Crippen molar-refractivity contribution in [3.63, 3.8) is 0 Å². The molecule has 3 aromatic rings. The van der Waals surface area contributed by atoms with Gasteiger partial charge in [0.25, 0.3) is 11.5 Å². The highest BCUT2D eigenvalue weighted by atomic mass is 32.1. The van der Waals surface area contributed by atoms with E-state index in [0.717, 1.165) is 23.4 Å². The van der Waals surface area contributed by atoms with Crippen LogP contribution in [-0.2, 0) is 11.3 Å². The van der Waals surface area contributed by atoms with Crippen LogP contribution in [0.4, 0.5) is 0 Å². The molecule has 1 aromatic carbocycles. The summed E-state index contributed by atoms with van der Waals surface area (Å²) in [5.74, 6) is 0.249. The van der Waals surface area contributed by atoms with Crippen LogP contribution in [0, 0.1) is 0 Å². The van der Waals surface area contributed by atoms with E-state index in [1.807, 2.05) is 23.1 Å². The Morgan fingerprint density at radius 3 is 2.75 bits per heavy atom. The molecule has 1 amide bonds. The Morgan fingerprint density at radius 1 is 1.21 bits per heavy atom. The number of carbonyl (C=O) groups excluding carboxylic acids is 1. The fraction of sp³-hybridized carbons (Fsp3) is 0.400. The second-order valence-corrected chi connectivity index (χ2v) is 7.92. The molecule has 1 aliphatic rings. The maximum atomic E-state index is 12.8. The Labute approximate surface area is 166 Å². The molecule has 1 fully saturated rings. The van der Waals surface area contributed by atoms with Crippen molar-refractivity contribution >= 4 is 27.5 Å². The molecular formula is C20H22N4O3S. The molecule has 0 atom stereocenters. The zero-order valence-electron chi connectivity index (χ0n) is 15.7. The molecule has 0 saturated carbocycles. The molecule has 0 N–H and O–H groups in total. The Morgan fingerprint density at radius 2 is 2.00 bits per heavy atom. The number of benzene rings is 1. The maximum absolute atomic E-state index is 12.8. The number of thiazole rings is 1. The molecule has 0 radical (unpaired) electrons. The number of nitrogens with zero attached hydrogens (tertiary/aromatic N) is 4. The number of hydrogen-bond acceptors (Lipinski definition) is 6. The summed E-state index contributed by atoms with van der Waals surface area (Å²) < 4.78 is 7.48. The van der Waals surface area contributed by atoms with E-state index in [0.29, 0.717) is 37.9 Å². The van der Waals surface area contributed by atoms with Crippen LogP contribution in [0.1, 0.15) is 34.3 Å². The molecule has 0 spiro atoms. The van der Waals surface area contributed by atoms with Gasteiger partial charge < -0.3 is 9.64 Å². The summed E-state index contributed by atoms with van der Waals surface area (Å²) in [5, 5.41) is 5.37. The lowest BCUT2D eigenvalue weighted by Gasteiger charge is -2.30. The lowest BCUT2D eigenvalue weighted by atomic mass is 9.97. The fourth-order valence-corrected chi connectivity index (χ4v) is 4.59. The van der Waals surface area contributed by atoms with Gasteiger partial charge in [-0.2, -0.15) is 5.10 Å². The highest BCUT2D eigenvalue weighted by Gasteiger charge is 2.27. The van der Waals surface area contributed by atoms with Gasteiger partial charge in [-0.3, -0.25) is 9.59 Å². The second kappa shape index (κ2) is 8.20. The number of amides is 1. The summed E-state index contributed by atoms with van der Waals surface area (Å²) >= 11 is 1.74. The highest BCUT2D eigenvalue weighted by Crippen LogP contribution is 2.33. The fourth-order valence-electron chi connectivity index (χ4n) is 3.46. The number of likely N-dealkylation sites (tertiary alicyclic amines) is 1. The van der Waals surface area contributed by atoms with Gasteiger partial charge in [0.1, 0.15) is 5.69 Å². The van der Waals surface area contributed by atoms with E-state index in [-0.39, 0.29) is 11.5 Å². The van der Waals surface area contributed by atoms with Gasteiger partial charge in [-0.25, -0.2) is 9.67 Å². The SMILES string of the molecule is COCCn1nc(C(=O)N2CCC(c3nc4ccccc4s3)CC2)ccc1=O. The van der Waals surface area contributed by atoms with Gasteiger partial charge in [-0.05, 0) is 31.0 Å². The van der Waals surface area contributed by atoms with E-state index in [9.17, 15) is 9.59 Å². The lowest BCUT2D eigenvalue weighted by Crippen LogP contribution is -2.39. The lowest BCUT2D eigenvalue weighted by molar-refractivity contribution is 0.0703. The van der Waals surface area contributed by atoms with Crippen molar-refractivity contribution in [2.75, 3.05) is 26.8 Å². The van der Waals surface area contributed by atoms with Crippen molar-refractivity contribution in [1.29, 1.82) is 0 Å². The van der Waals surface area contributed by atoms with Crippen LogP contribution in [0.25, 0.3) is 10.2 Å². The monoisotopic (exact) mass is 398 g/mol. The molecule has 0 bridgehead atoms. The van der Waals surface area contributed by atoms with Gasteiger partial charge in [-0.15, -0.1) is 11.3 Å². The van der Waals surface area contributed by atoms with Crippen LogP contribution in [0.3, 0.4) is 0 Å². The molecule has 8 heteroatoms. The predicted molar refractivity (Wildman–Crippen MR) is 108 cm³/mol. The van der Waals surface area contributed by atoms with Gasteiger partial charge in [-0.1, -0.05) is 12.1 Å². The summed E-state index contributed by atoms with van der Waals surface area (Å²) in [6.45, 7) is 2.03. The molecule has 3 heterocycles. The van der Waals surface area contributed by atoms with Gasteiger partial charge in [0.2, 0.25) is 0 Å². The smallest absolute Gasteiger partial charge is 0.274 e. The normalized spacial score (nSPS) is 15.2. The number of aromatic nitrogens is 3. The Bertz CT molecular complexity index is 1000. The van der Waals surface area contributed by atoms with E-state index in [2.05, 4.69) is 11.2 Å². The molecule has 1 aliphatic heterocycles. The summed E-state index contributed by atoms with van der Waals surface area (Å²) in [5.41, 5.74) is 1.11. The second-order valence-electron chi connectivity index (χ2n) is 6.86. The first-order valence-electron chi connectivity index (χ1n) is 9.37. The van der Waals surface area contributed by atoms with Crippen LogP contribution < -0.4 is 5.56 Å². The van der Waals surface area contributed by atoms with Crippen LogP contribution >= 0.6 is 11.3 Å². The van der Waals surface area contributed by atoms with Crippen LogP contribution in [0.2, 0.25) is 0 Å². The number of hydrogen-bond donors (Lipinski definition) is 0. The average molecular weight is 398 g/mol. The summed E-state index contributed by atoms with van der Waals surface area (Å²) in [4.78, 5) is 31.3. The zero-order valence-corrected chi connectivity index (χ0v) is 16.5. The third kappa shape index (κ3) is 3.83. The Balaban J connectivity index is 1.43. The Hall–Kier alpha value is -2.58. The number of piperidine rings is 1. The average Bonchev–Trinajstić information content (AvgIpc) is 3.17. The first-order chi connectivity index (χ1) is 13.7. The maximum Gasteiger partial charge on any atom is 0.274 e.